The van der Waals surface area contributed by atoms with Gasteiger partial charge in [-0.15, -0.1) is 0 Å². The maximum absolute atomic E-state index is 11.5. The summed E-state index contributed by atoms with van der Waals surface area (Å²) >= 11 is 0. The fourth-order valence-electron chi connectivity index (χ4n) is 2.65. The molecule has 4 atom stereocenters. The third-order valence-corrected chi connectivity index (χ3v) is 3.38. The monoisotopic (exact) mass is 256 g/mol. The zero-order chi connectivity index (χ0) is 13.3. The van der Waals surface area contributed by atoms with E-state index < -0.39 is 24.1 Å². The van der Waals surface area contributed by atoms with Crippen molar-refractivity contribution in [1.82, 2.24) is 0 Å². The molecule has 0 unspecified atom stereocenters. The number of ether oxygens (including phenoxy) is 3. The Kier molecular flexibility index (Phi) is 3.54. The first-order chi connectivity index (χ1) is 8.47. The van der Waals surface area contributed by atoms with Crippen LogP contribution in [0.5, 0.6) is 0 Å². The Bertz CT molecular complexity index is 377. The number of carbonyl (C=O) groups excluding carboxylic acids is 3. The third-order valence-electron chi connectivity index (χ3n) is 3.38. The minimum atomic E-state index is -0.557. The van der Waals surface area contributed by atoms with Crippen molar-refractivity contribution < 1.29 is 28.6 Å². The van der Waals surface area contributed by atoms with Crippen LogP contribution in [0.1, 0.15) is 26.7 Å². The van der Waals surface area contributed by atoms with Gasteiger partial charge in [0.1, 0.15) is 12.2 Å². The summed E-state index contributed by atoms with van der Waals surface area (Å²) in [6.45, 7) is 2.96. The first kappa shape index (κ1) is 12.9. The molecule has 0 bridgehead atoms. The van der Waals surface area contributed by atoms with Crippen LogP contribution in [0.2, 0.25) is 0 Å². The average Bonchev–Trinajstić information content (AvgIpc) is 2.59. The molecular formula is C12H16O6. The molecule has 0 N–H and O–H groups in total. The largest absolute Gasteiger partial charge is 0.465 e. The van der Waals surface area contributed by atoms with Crippen LogP contribution >= 0.6 is 0 Å². The quantitative estimate of drug-likeness (QED) is 0.526. The zero-order valence-corrected chi connectivity index (χ0v) is 10.4. The summed E-state index contributed by atoms with van der Waals surface area (Å²) in [4.78, 5) is 33.6. The molecule has 1 heterocycles. The van der Waals surface area contributed by atoms with Crippen LogP contribution in [0.15, 0.2) is 0 Å². The van der Waals surface area contributed by atoms with Crippen molar-refractivity contribution in [3.63, 3.8) is 0 Å². The van der Waals surface area contributed by atoms with Gasteiger partial charge in [0.25, 0.3) is 0 Å². The molecule has 6 heteroatoms. The van der Waals surface area contributed by atoms with E-state index in [4.69, 9.17) is 14.2 Å². The van der Waals surface area contributed by atoms with Crippen LogP contribution in [-0.4, -0.2) is 36.7 Å². The number of carbonyl (C=O) groups is 3. The predicted octanol–water partition coefficient (Wildman–Crippen LogP) is 0.433. The van der Waals surface area contributed by atoms with Crippen LogP contribution in [0, 0.1) is 11.8 Å². The average molecular weight is 256 g/mol. The van der Waals surface area contributed by atoms with E-state index in [1.54, 1.807) is 0 Å². The molecule has 1 saturated carbocycles. The lowest BCUT2D eigenvalue weighted by Crippen LogP contribution is -2.44. The summed E-state index contributed by atoms with van der Waals surface area (Å²) in [5, 5.41) is 0. The first-order valence-corrected chi connectivity index (χ1v) is 5.98. The Balaban J connectivity index is 2.09. The van der Waals surface area contributed by atoms with E-state index in [-0.39, 0.29) is 17.8 Å². The van der Waals surface area contributed by atoms with Gasteiger partial charge in [0, 0.05) is 26.2 Å². The van der Waals surface area contributed by atoms with Gasteiger partial charge in [-0.1, -0.05) is 0 Å². The predicted molar refractivity (Wildman–Crippen MR) is 58.3 cm³/mol. The standard InChI is InChI=1S/C12H16O6/c1-6(13)17-10-3-8-5-16-12(15)9(8)4-11(10)18-7(2)14/h8-11H,3-5H2,1-2H3/t8-,9-,10+,11-/m0/s1. The van der Waals surface area contributed by atoms with E-state index in [1.165, 1.54) is 13.8 Å². The van der Waals surface area contributed by atoms with Gasteiger partial charge in [-0.2, -0.15) is 0 Å². The third kappa shape index (κ3) is 2.63. The minimum absolute atomic E-state index is 0.0497. The van der Waals surface area contributed by atoms with E-state index in [9.17, 15) is 14.4 Å². The van der Waals surface area contributed by atoms with Gasteiger partial charge in [-0.25, -0.2) is 0 Å². The first-order valence-electron chi connectivity index (χ1n) is 5.98. The lowest BCUT2D eigenvalue weighted by molar-refractivity contribution is -0.173. The smallest absolute Gasteiger partial charge is 0.309 e. The molecule has 2 aliphatic rings. The number of esters is 3. The number of fused-ring (bicyclic) bond motifs is 1. The summed E-state index contributed by atoms with van der Waals surface area (Å²) in [6.07, 6.45) is -0.185. The summed E-state index contributed by atoms with van der Waals surface area (Å²) in [5.74, 6) is -1.31. The van der Waals surface area contributed by atoms with Crippen molar-refractivity contribution >= 4 is 17.9 Å². The Morgan fingerprint density at radius 1 is 1.11 bits per heavy atom. The molecule has 18 heavy (non-hydrogen) atoms. The van der Waals surface area contributed by atoms with Crippen LogP contribution in [0.3, 0.4) is 0 Å². The van der Waals surface area contributed by atoms with E-state index in [2.05, 4.69) is 0 Å². The molecule has 2 fully saturated rings. The number of rotatable bonds is 2. The van der Waals surface area contributed by atoms with Gasteiger partial charge in [0.2, 0.25) is 0 Å². The van der Waals surface area contributed by atoms with Crippen molar-refractivity contribution in [2.24, 2.45) is 11.8 Å². The van der Waals surface area contributed by atoms with Gasteiger partial charge in [0.05, 0.1) is 12.5 Å². The van der Waals surface area contributed by atoms with Crippen molar-refractivity contribution in [3.8, 4) is 0 Å². The molecule has 100 valence electrons. The Morgan fingerprint density at radius 2 is 1.67 bits per heavy atom. The van der Waals surface area contributed by atoms with Crippen molar-refractivity contribution in [1.29, 1.82) is 0 Å². The fourth-order valence-corrected chi connectivity index (χ4v) is 2.65. The summed E-state index contributed by atoms with van der Waals surface area (Å²) in [5.41, 5.74) is 0. The second kappa shape index (κ2) is 4.96. The topological polar surface area (TPSA) is 78.9 Å². The lowest BCUT2D eigenvalue weighted by atomic mass is 9.78. The molecule has 1 saturated heterocycles. The van der Waals surface area contributed by atoms with Crippen molar-refractivity contribution in [2.45, 2.75) is 38.9 Å². The van der Waals surface area contributed by atoms with Gasteiger partial charge in [-0.05, 0) is 6.42 Å². The Morgan fingerprint density at radius 3 is 2.22 bits per heavy atom. The van der Waals surface area contributed by atoms with Gasteiger partial charge in [-0.3, -0.25) is 14.4 Å². The summed E-state index contributed by atoms with van der Waals surface area (Å²) in [7, 11) is 0. The second-order valence-corrected chi connectivity index (χ2v) is 4.76. The van der Waals surface area contributed by atoms with Crippen molar-refractivity contribution in [3.05, 3.63) is 0 Å². The van der Waals surface area contributed by atoms with Crippen molar-refractivity contribution in [2.75, 3.05) is 6.61 Å². The molecule has 0 aromatic rings. The molecule has 0 spiro atoms. The van der Waals surface area contributed by atoms with Crippen LogP contribution in [0.4, 0.5) is 0 Å². The highest BCUT2D eigenvalue weighted by Crippen LogP contribution is 2.38. The molecular weight excluding hydrogens is 240 g/mol. The SMILES string of the molecule is CC(=O)O[C@H]1C[C@@H]2C(=O)OC[C@@H]2C[C@H]1OC(C)=O. The number of cyclic esters (lactones) is 1. The summed E-state index contributed by atoms with van der Waals surface area (Å²) < 4.78 is 15.3. The van der Waals surface area contributed by atoms with Crippen LogP contribution in [-0.2, 0) is 28.6 Å². The molecule has 0 radical (unpaired) electrons. The zero-order valence-electron chi connectivity index (χ0n) is 10.4. The number of hydrogen-bond donors (Lipinski definition) is 0. The molecule has 0 amide bonds. The number of hydrogen-bond acceptors (Lipinski definition) is 6. The minimum Gasteiger partial charge on any atom is -0.465 e. The highest BCUT2D eigenvalue weighted by molar-refractivity contribution is 5.75. The highest BCUT2D eigenvalue weighted by Gasteiger charge is 2.47. The maximum atomic E-state index is 11.5. The summed E-state index contributed by atoms with van der Waals surface area (Å²) in [6, 6.07) is 0. The Hall–Kier alpha value is -1.59. The maximum Gasteiger partial charge on any atom is 0.309 e. The van der Waals surface area contributed by atoms with E-state index in [0.29, 0.717) is 19.4 Å². The molecule has 6 nitrogen and oxygen atoms in total. The van der Waals surface area contributed by atoms with E-state index in [1.807, 2.05) is 0 Å². The van der Waals surface area contributed by atoms with Gasteiger partial charge in [0.15, 0.2) is 0 Å². The second-order valence-electron chi connectivity index (χ2n) is 4.76. The molecule has 0 aromatic heterocycles. The van der Waals surface area contributed by atoms with E-state index >= 15 is 0 Å². The fraction of sp³-hybridized carbons (Fsp3) is 0.750. The lowest BCUT2D eigenvalue weighted by Gasteiger charge is -2.34. The van der Waals surface area contributed by atoms with Crippen LogP contribution in [0.25, 0.3) is 0 Å². The highest BCUT2D eigenvalue weighted by atomic mass is 16.6. The van der Waals surface area contributed by atoms with Gasteiger partial charge >= 0.3 is 17.9 Å². The van der Waals surface area contributed by atoms with E-state index in [0.717, 1.165) is 0 Å². The van der Waals surface area contributed by atoms with Crippen LogP contribution < -0.4 is 0 Å². The molecule has 1 aliphatic carbocycles. The normalized spacial score (nSPS) is 34.4. The molecule has 0 aromatic carbocycles. The molecule has 2 rings (SSSR count). The molecule has 1 aliphatic heterocycles. The Labute approximate surface area is 105 Å². The van der Waals surface area contributed by atoms with Gasteiger partial charge < -0.3 is 14.2 Å².